The van der Waals surface area contributed by atoms with E-state index in [1.165, 1.54) is 12.8 Å². The van der Waals surface area contributed by atoms with Crippen LogP contribution in [-0.4, -0.2) is 42.5 Å². The van der Waals surface area contributed by atoms with Crippen LogP contribution in [0.15, 0.2) is 24.3 Å². The molecule has 0 unspecified atom stereocenters. The number of amides is 2. The highest BCUT2D eigenvalue weighted by atomic mass is 16.5. The van der Waals surface area contributed by atoms with E-state index in [0.717, 1.165) is 25.2 Å². The molecule has 26 heavy (non-hydrogen) atoms. The number of nitrogens with zero attached hydrogens (tertiary/aromatic N) is 1. The van der Waals surface area contributed by atoms with E-state index < -0.39 is 0 Å². The number of ether oxygens (including phenoxy) is 1. The Hall–Kier alpha value is -2.04. The minimum atomic E-state index is 0.0230. The smallest absolute Gasteiger partial charge is 0.257 e. The van der Waals surface area contributed by atoms with E-state index >= 15 is 0 Å². The van der Waals surface area contributed by atoms with Gasteiger partial charge in [0, 0.05) is 25.0 Å². The summed E-state index contributed by atoms with van der Waals surface area (Å²) in [7, 11) is 0. The van der Waals surface area contributed by atoms with E-state index in [2.05, 4.69) is 5.32 Å². The molecule has 2 amide bonds. The number of carbonyl (C=O) groups is 2. The maximum absolute atomic E-state index is 12.8. The van der Waals surface area contributed by atoms with Gasteiger partial charge in [-0.3, -0.25) is 9.59 Å². The number of likely N-dealkylation sites (tertiary alicyclic amines) is 1. The number of rotatable bonds is 6. The van der Waals surface area contributed by atoms with Crippen LogP contribution in [0.3, 0.4) is 0 Å². The average Bonchev–Trinajstić information content (AvgIpc) is 3.55. The molecule has 1 aromatic rings. The first kappa shape index (κ1) is 17.4. The Labute approximate surface area is 155 Å². The fraction of sp³-hybridized carbons (Fsp3) is 0.619. The second-order valence-corrected chi connectivity index (χ2v) is 7.85. The Balaban J connectivity index is 1.28. The molecule has 0 aromatic heterocycles. The lowest BCUT2D eigenvalue weighted by molar-refractivity contribution is -0.123. The molecule has 2 atom stereocenters. The zero-order valence-corrected chi connectivity index (χ0v) is 15.4. The third-order valence-electron chi connectivity index (χ3n) is 5.95. The second-order valence-electron chi connectivity index (χ2n) is 7.85. The molecule has 0 radical (unpaired) electrons. The lowest BCUT2D eigenvalue weighted by Gasteiger charge is -2.32. The zero-order valence-electron chi connectivity index (χ0n) is 15.4. The van der Waals surface area contributed by atoms with E-state index in [9.17, 15) is 9.59 Å². The number of carbonyl (C=O) groups excluding carboxylic acids is 2. The molecule has 1 aliphatic heterocycles. The minimum Gasteiger partial charge on any atom is -0.493 e. The molecule has 4 rings (SSSR count). The number of benzene rings is 1. The molecule has 1 saturated heterocycles. The van der Waals surface area contributed by atoms with Gasteiger partial charge in [-0.1, -0.05) is 12.1 Å². The monoisotopic (exact) mass is 356 g/mol. The molecule has 5 nitrogen and oxygen atoms in total. The molecule has 0 bridgehead atoms. The fourth-order valence-electron chi connectivity index (χ4n) is 4.19. The van der Waals surface area contributed by atoms with Gasteiger partial charge >= 0.3 is 0 Å². The highest BCUT2D eigenvalue weighted by Gasteiger charge is 2.51. The van der Waals surface area contributed by atoms with Gasteiger partial charge in [-0.05, 0) is 63.0 Å². The van der Waals surface area contributed by atoms with Crippen molar-refractivity contribution in [2.24, 2.45) is 17.8 Å². The quantitative estimate of drug-likeness (QED) is 0.853. The summed E-state index contributed by atoms with van der Waals surface area (Å²) < 4.78 is 5.59. The normalized spacial score (nSPS) is 25.7. The largest absolute Gasteiger partial charge is 0.493 e. The van der Waals surface area contributed by atoms with Crippen molar-refractivity contribution < 1.29 is 14.3 Å². The topological polar surface area (TPSA) is 58.6 Å². The van der Waals surface area contributed by atoms with Crippen molar-refractivity contribution in [1.82, 2.24) is 10.2 Å². The zero-order chi connectivity index (χ0) is 18.1. The first-order chi connectivity index (χ1) is 12.7. The Kier molecular flexibility index (Phi) is 4.88. The number of piperidine rings is 1. The summed E-state index contributed by atoms with van der Waals surface area (Å²) >= 11 is 0. The molecule has 1 heterocycles. The van der Waals surface area contributed by atoms with E-state index in [4.69, 9.17) is 4.74 Å². The maximum Gasteiger partial charge on any atom is 0.257 e. The molecule has 3 aliphatic rings. The van der Waals surface area contributed by atoms with Crippen LogP contribution in [0.2, 0.25) is 0 Å². The van der Waals surface area contributed by atoms with Crippen LogP contribution >= 0.6 is 0 Å². The molecule has 2 saturated carbocycles. The molecular formula is C21H28N2O3. The van der Waals surface area contributed by atoms with Crippen molar-refractivity contribution >= 4 is 11.8 Å². The van der Waals surface area contributed by atoms with Gasteiger partial charge in [-0.15, -0.1) is 0 Å². The Morgan fingerprint density at radius 1 is 1.15 bits per heavy atom. The van der Waals surface area contributed by atoms with E-state index in [0.29, 0.717) is 36.9 Å². The van der Waals surface area contributed by atoms with Crippen molar-refractivity contribution in [3.8, 4) is 5.75 Å². The van der Waals surface area contributed by atoms with Gasteiger partial charge in [0.1, 0.15) is 5.75 Å². The van der Waals surface area contributed by atoms with E-state index in [1.807, 2.05) is 36.1 Å². The van der Waals surface area contributed by atoms with Gasteiger partial charge in [0.25, 0.3) is 5.91 Å². The predicted octanol–water partition coefficient (Wildman–Crippen LogP) is 2.85. The Bertz CT molecular complexity index is 678. The van der Waals surface area contributed by atoms with Gasteiger partial charge in [-0.2, -0.15) is 0 Å². The second kappa shape index (κ2) is 7.29. The van der Waals surface area contributed by atoms with Crippen molar-refractivity contribution in [3.63, 3.8) is 0 Å². The van der Waals surface area contributed by atoms with Gasteiger partial charge in [-0.25, -0.2) is 0 Å². The van der Waals surface area contributed by atoms with Gasteiger partial charge in [0.05, 0.1) is 12.2 Å². The molecule has 3 fully saturated rings. The first-order valence-corrected chi connectivity index (χ1v) is 9.99. The van der Waals surface area contributed by atoms with Crippen molar-refractivity contribution in [1.29, 1.82) is 0 Å². The standard InChI is InChI=1S/C21H28N2O3/c1-2-26-19-6-4-3-5-16(19)21(25)23-11-9-15(10-12-23)22-20(24)18-13-17(18)14-7-8-14/h3-6,14-15,17-18H,2,7-13H2,1H3,(H,22,24)/t17-,18-/m1/s1. The van der Waals surface area contributed by atoms with Crippen LogP contribution in [-0.2, 0) is 4.79 Å². The number of hydrogen-bond acceptors (Lipinski definition) is 3. The maximum atomic E-state index is 12.8. The third-order valence-corrected chi connectivity index (χ3v) is 5.95. The Morgan fingerprint density at radius 3 is 2.58 bits per heavy atom. The molecule has 0 spiro atoms. The predicted molar refractivity (Wildman–Crippen MR) is 99.0 cm³/mol. The summed E-state index contributed by atoms with van der Waals surface area (Å²) in [5.74, 6) is 2.67. The Morgan fingerprint density at radius 2 is 1.88 bits per heavy atom. The van der Waals surface area contributed by atoms with Crippen LogP contribution in [0, 0.1) is 17.8 Å². The summed E-state index contributed by atoms with van der Waals surface area (Å²) in [6, 6.07) is 7.63. The van der Waals surface area contributed by atoms with Crippen LogP contribution < -0.4 is 10.1 Å². The highest BCUT2D eigenvalue weighted by molar-refractivity contribution is 5.97. The van der Waals surface area contributed by atoms with E-state index in [1.54, 1.807) is 0 Å². The van der Waals surface area contributed by atoms with Crippen LogP contribution in [0.25, 0.3) is 0 Å². The highest BCUT2D eigenvalue weighted by Crippen LogP contribution is 2.54. The lowest BCUT2D eigenvalue weighted by Crippen LogP contribution is -2.47. The van der Waals surface area contributed by atoms with Gasteiger partial charge < -0.3 is 15.0 Å². The van der Waals surface area contributed by atoms with Crippen LogP contribution in [0.5, 0.6) is 5.75 Å². The van der Waals surface area contributed by atoms with Crippen LogP contribution in [0.4, 0.5) is 0 Å². The summed E-state index contributed by atoms with van der Waals surface area (Å²) in [5.41, 5.74) is 0.627. The molecular weight excluding hydrogens is 328 g/mol. The van der Waals surface area contributed by atoms with Crippen molar-refractivity contribution in [3.05, 3.63) is 29.8 Å². The summed E-state index contributed by atoms with van der Waals surface area (Å²) in [4.78, 5) is 27.1. The number of hydrogen-bond donors (Lipinski definition) is 1. The van der Waals surface area contributed by atoms with E-state index in [-0.39, 0.29) is 23.8 Å². The summed E-state index contributed by atoms with van der Waals surface area (Å²) in [6.07, 6.45) is 5.38. The van der Waals surface area contributed by atoms with Crippen LogP contribution in [0.1, 0.15) is 49.4 Å². The number of para-hydroxylation sites is 1. The number of nitrogens with one attached hydrogen (secondary N) is 1. The van der Waals surface area contributed by atoms with Crippen molar-refractivity contribution in [2.75, 3.05) is 19.7 Å². The third kappa shape index (κ3) is 3.71. The van der Waals surface area contributed by atoms with Gasteiger partial charge in [0.15, 0.2) is 0 Å². The molecule has 1 N–H and O–H groups in total. The fourth-order valence-corrected chi connectivity index (χ4v) is 4.19. The summed E-state index contributed by atoms with van der Waals surface area (Å²) in [6.45, 7) is 3.83. The molecule has 140 valence electrons. The lowest BCUT2D eigenvalue weighted by atomic mass is 10.0. The minimum absolute atomic E-state index is 0.0230. The molecule has 1 aromatic carbocycles. The SMILES string of the molecule is CCOc1ccccc1C(=O)N1CCC(NC(=O)[C@@H]2C[C@@H]2C2CC2)CC1. The van der Waals surface area contributed by atoms with Gasteiger partial charge in [0.2, 0.25) is 5.91 Å². The van der Waals surface area contributed by atoms with Crippen molar-refractivity contribution in [2.45, 2.75) is 45.1 Å². The summed E-state index contributed by atoms with van der Waals surface area (Å²) in [5, 5.41) is 3.22. The first-order valence-electron chi connectivity index (χ1n) is 9.99. The molecule has 2 aliphatic carbocycles. The average molecular weight is 356 g/mol. The molecule has 5 heteroatoms.